The van der Waals surface area contributed by atoms with Gasteiger partial charge in [-0.15, -0.1) is 11.3 Å². The number of likely N-dealkylation sites (tertiary alicyclic amines) is 2. The number of piperidine rings is 1. The van der Waals surface area contributed by atoms with E-state index in [9.17, 15) is 0 Å². The summed E-state index contributed by atoms with van der Waals surface area (Å²) in [5, 5.41) is 8.13. The average Bonchev–Trinajstić information content (AvgIpc) is 3.57. The first-order valence-electron chi connectivity index (χ1n) is 11.5. The molecule has 0 radical (unpaired) electrons. The number of para-hydroxylation sites is 1. The van der Waals surface area contributed by atoms with Gasteiger partial charge in [0, 0.05) is 55.2 Å². The standard InChI is InChI=1S/C24H29N5OS/c1-2-6-21-19(5-1)23-20(17-26-29(23)15-14-27-10-3-4-11-27)24(30-21)7-12-28(13-8-24)18-22-25-9-16-31-22/h1-2,5-6,9,16-17H,3-4,7-8,10-15,18H2. The van der Waals surface area contributed by atoms with Crippen LogP contribution in [0.3, 0.4) is 0 Å². The van der Waals surface area contributed by atoms with Crippen molar-refractivity contribution in [3.8, 4) is 17.0 Å². The second-order valence-electron chi connectivity index (χ2n) is 8.97. The van der Waals surface area contributed by atoms with Crippen LogP contribution in [0.2, 0.25) is 0 Å². The molecule has 2 fully saturated rings. The van der Waals surface area contributed by atoms with Gasteiger partial charge in [-0.05, 0) is 38.1 Å². The molecule has 0 bridgehead atoms. The maximum Gasteiger partial charge on any atom is 0.140 e. The summed E-state index contributed by atoms with van der Waals surface area (Å²) in [5.74, 6) is 1.01. The monoisotopic (exact) mass is 435 g/mol. The first kappa shape index (κ1) is 19.5. The second kappa shape index (κ2) is 8.04. The lowest BCUT2D eigenvalue weighted by Gasteiger charge is -2.44. The molecule has 2 aromatic heterocycles. The number of nitrogens with zero attached hydrogens (tertiary/aromatic N) is 5. The number of aromatic nitrogens is 3. The van der Waals surface area contributed by atoms with Gasteiger partial charge in [0.1, 0.15) is 16.4 Å². The van der Waals surface area contributed by atoms with Crippen LogP contribution in [0.25, 0.3) is 11.3 Å². The highest BCUT2D eigenvalue weighted by atomic mass is 32.1. The number of hydrogen-bond donors (Lipinski definition) is 0. The van der Waals surface area contributed by atoms with E-state index < -0.39 is 0 Å². The molecule has 1 aromatic carbocycles. The van der Waals surface area contributed by atoms with Crippen molar-refractivity contribution in [2.45, 2.75) is 44.4 Å². The third kappa shape index (κ3) is 3.58. The molecule has 0 amide bonds. The Morgan fingerprint density at radius 1 is 1.00 bits per heavy atom. The molecular formula is C24H29N5OS. The Morgan fingerprint density at radius 3 is 2.65 bits per heavy atom. The van der Waals surface area contributed by atoms with Crippen LogP contribution in [0.4, 0.5) is 0 Å². The number of thiazole rings is 1. The van der Waals surface area contributed by atoms with Crippen molar-refractivity contribution in [2.24, 2.45) is 0 Å². The molecule has 3 aliphatic heterocycles. The molecule has 0 aliphatic carbocycles. The number of rotatable bonds is 5. The summed E-state index contributed by atoms with van der Waals surface area (Å²) in [4.78, 5) is 9.53. The summed E-state index contributed by atoms with van der Waals surface area (Å²) in [6, 6.07) is 8.50. The Hall–Kier alpha value is -2.22. The molecule has 162 valence electrons. The molecule has 2 saturated heterocycles. The SMILES string of the molecule is c1ccc2c(c1)OC1(CCN(Cc3nccs3)CC1)c1cnn(CCN3CCCC3)c1-2. The van der Waals surface area contributed by atoms with Crippen LogP contribution in [0.1, 0.15) is 36.3 Å². The van der Waals surface area contributed by atoms with Crippen molar-refractivity contribution >= 4 is 11.3 Å². The lowest BCUT2D eigenvalue weighted by atomic mass is 9.81. The fraction of sp³-hybridized carbons (Fsp3) is 0.500. The van der Waals surface area contributed by atoms with Crippen molar-refractivity contribution in [3.63, 3.8) is 0 Å². The first-order valence-corrected chi connectivity index (χ1v) is 12.4. The first-order chi connectivity index (χ1) is 15.3. The quantitative estimate of drug-likeness (QED) is 0.607. The minimum absolute atomic E-state index is 0.269. The Morgan fingerprint density at radius 2 is 1.84 bits per heavy atom. The number of benzene rings is 1. The van der Waals surface area contributed by atoms with E-state index in [0.29, 0.717) is 0 Å². The summed E-state index contributed by atoms with van der Waals surface area (Å²) in [5.41, 5.74) is 3.47. The molecule has 6 nitrogen and oxygen atoms in total. The molecule has 0 saturated carbocycles. The molecule has 3 aliphatic rings. The maximum absolute atomic E-state index is 6.76. The van der Waals surface area contributed by atoms with Gasteiger partial charge >= 0.3 is 0 Å². The minimum Gasteiger partial charge on any atom is -0.482 e. The van der Waals surface area contributed by atoms with E-state index in [-0.39, 0.29) is 5.60 Å². The van der Waals surface area contributed by atoms with Crippen LogP contribution < -0.4 is 4.74 Å². The predicted molar refractivity (Wildman–Crippen MR) is 122 cm³/mol. The van der Waals surface area contributed by atoms with E-state index >= 15 is 0 Å². The van der Waals surface area contributed by atoms with E-state index in [2.05, 4.69) is 55.3 Å². The fourth-order valence-corrected chi connectivity index (χ4v) is 6.06. The minimum atomic E-state index is -0.269. The smallest absolute Gasteiger partial charge is 0.140 e. The topological polar surface area (TPSA) is 46.4 Å². The number of fused-ring (bicyclic) bond motifs is 4. The zero-order valence-corrected chi connectivity index (χ0v) is 18.7. The van der Waals surface area contributed by atoms with Crippen molar-refractivity contribution in [1.82, 2.24) is 24.6 Å². The van der Waals surface area contributed by atoms with E-state index in [0.717, 1.165) is 51.3 Å². The zero-order valence-electron chi connectivity index (χ0n) is 17.9. The highest BCUT2D eigenvalue weighted by Gasteiger charge is 2.45. The van der Waals surface area contributed by atoms with Crippen molar-refractivity contribution in [3.05, 3.63) is 52.6 Å². The molecule has 3 aromatic rings. The molecule has 0 unspecified atom stereocenters. The summed E-state index contributed by atoms with van der Waals surface area (Å²) in [6.07, 6.45) is 8.61. The maximum atomic E-state index is 6.76. The highest BCUT2D eigenvalue weighted by molar-refractivity contribution is 7.09. The van der Waals surface area contributed by atoms with Gasteiger partial charge in [0.15, 0.2) is 0 Å². The van der Waals surface area contributed by atoms with Crippen LogP contribution in [0.5, 0.6) is 5.75 Å². The second-order valence-corrected chi connectivity index (χ2v) is 9.95. The number of hydrogen-bond acceptors (Lipinski definition) is 6. The van der Waals surface area contributed by atoms with Gasteiger partial charge in [-0.2, -0.15) is 5.10 Å². The van der Waals surface area contributed by atoms with Crippen molar-refractivity contribution in [2.75, 3.05) is 32.7 Å². The molecule has 7 heteroatoms. The predicted octanol–water partition coefficient (Wildman–Crippen LogP) is 3.99. The van der Waals surface area contributed by atoms with Gasteiger partial charge in [-0.3, -0.25) is 9.58 Å². The van der Waals surface area contributed by atoms with Gasteiger partial charge in [0.25, 0.3) is 0 Å². The Bertz CT molecular complexity index is 1030. The lowest BCUT2D eigenvalue weighted by Crippen LogP contribution is -2.47. The van der Waals surface area contributed by atoms with Crippen molar-refractivity contribution in [1.29, 1.82) is 0 Å². The van der Waals surface area contributed by atoms with E-state index in [1.807, 2.05) is 6.20 Å². The van der Waals surface area contributed by atoms with Crippen molar-refractivity contribution < 1.29 is 4.74 Å². The Kier molecular flexibility index (Phi) is 5.05. The molecule has 6 rings (SSSR count). The summed E-state index contributed by atoms with van der Waals surface area (Å²) in [7, 11) is 0. The van der Waals surface area contributed by atoms with Gasteiger partial charge in [-0.1, -0.05) is 12.1 Å². The molecule has 5 heterocycles. The molecule has 1 spiro atoms. The number of ether oxygens (including phenoxy) is 1. The van der Waals surface area contributed by atoms with Crippen LogP contribution in [0.15, 0.2) is 42.0 Å². The van der Waals surface area contributed by atoms with Crippen LogP contribution in [-0.4, -0.2) is 57.3 Å². The summed E-state index contributed by atoms with van der Waals surface area (Å²) in [6.45, 7) is 7.43. The largest absolute Gasteiger partial charge is 0.482 e. The molecule has 0 atom stereocenters. The third-order valence-corrected chi connectivity index (χ3v) is 7.87. The van der Waals surface area contributed by atoms with Gasteiger partial charge in [0.05, 0.1) is 25.0 Å². The third-order valence-electron chi connectivity index (χ3n) is 7.11. The van der Waals surface area contributed by atoms with Gasteiger partial charge in [-0.25, -0.2) is 4.98 Å². The van der Waals surface area contributed by atoms with Crippen LogP contribution in [-0.2, 0) is 18.7 Å². The van der Waals surface area contributed by atoms with Gasteiger partial charge in [0.2, 0.25) is 0 Å². The molecule has 31 heavy (non-hydrogen) atoms. The summed E-state index contributed by atoms with van der Waals surface area (Å²) >= 11 is 1.74. The molecular weight excluding hydrogens is 406 g/mol. The highest BCUT2D eigenvalue weighted by Crippen LogP contribution is 2.49. The summed E-state index contributed by atoms with van der Waals surface area (Å²) < 4.78 is 8.99. The van der Waals surface area contributed by atoms with Crippen LogP contribution >= 0.6 is 11.3 Å². The van der Waals surface area contributed by atoms with Gasteiger partial charge < -0.3 is 9.64 Å². The normalized spacial score (nSPS) is 20.5. The van der Waals surface area contributed by atoms with E-state index in [1.165, 1.54) is 47.8 Å². The lowest BCUT2D eigenvalue weighted by molar-refractivity contribution is -0.00697. The zero-order chi connectivity index (χ0) is 20.7. The van der Waals surface area contributed by atoms with E-state index in [1.54, 1.807) is 11.3 Å². The van der Waals surface area contributed by atoms with E-state index in [4.69, 9.17) is 9.84 Å². The molecule has 0 N–H and O–H groups in total. The average molecular weight is 436 g/mol. The van der Waals surface area contributed by atoms with Crippen LogP contribution in [0, 0.1) is 0 Å². The fourth-order valence-electron chi connectivity index (χ4n) is 5.40. The Balaban J connectivity index is 1.27. The Labute approximate surface area is 187 Å².